The van der Waals surface area contributed by atoms with Gasteiger partial charge in [-0.2, -0.15) is 0 Å². The summed E-state index contributed by atoms with van der Waals surface area (Å²) in [4.78, 5) is 32.5. The number of pyridine rings is 1. The molecule has 1 aliphatic rings. The summed E-state index contributed by atoms with van der Waals surface area (Å²) in [6, 6.07) is 13.0. The van der Waals surface area contributed by atoms with Crippen LogP contribution < -0.4 is 5.32 Å². The summed E-state index contributed by atoms with van der Waals surface area (Å²) in [5.41, 5.74) is 3.30. The highest BCUT2D eigenvalue weighted by atomic mass is 32.1. The molecule has 7 heteroatoms. The summed E-state index contributed by atoms with van der Waals surface area (Å²) in [7, 11) is 0. The maximum absolute atomic E-state index is 13.7. The summed E-state index contributed by atoms with van der Waals surface area (Å²) in [6.07, 6.45) is 3.90. The number of carbonyl (C=O) groups excluding carboxylic acids is 2. The second-order valence-electron chi connectivity index (χ2n) is 8.88. The van der Waals surface area contributed by atoms with Crippen molar-refractivity contribution in [2.75, 3.05) is 11.9 Å². The Hall–Kier alpha value is -3.45. The Balaban J connectivity index is 1.56. The summed E-state index contributed by atoms with van der Waals surface area (Å²) in [5, 5.41) is 4.35. The van der Waals surface area contributed by atoms with Gasteiger partial charge in [-0.25, -0.2) is 9.78 Å². The molecular formula is C28H28N2O4S. The van der Waals surface area contributed by atoms with Gasteiger partial charge >= 0.3 is 5.97 Å². The summed E-state index contributed by atoms with van der Waals surface area (Å²) < 4.78 is 11.1. The van der Waals surface area contributed by atoms with Crippen LogP contribution in [0.15, 0.2) is 46.9 Å². The number of esters is 1. The van der Waals surface area contributed by atoms with Gasteiger partial charge in [0, 0.05) is 10.3 Å². The normalized spacial score (nSPS) is 15.1. The van der Waals surface area contributed by atoms with E-state index in [0.29, 0.717) is 39.0 Å². The van der Waals surface area contributed by atoms with E-state index in [1.54, 1.807) is 13.0 Å². The lowest BCUT2D eigenvalue weighted by molar-refractivity contribution is 0.0526. The number of aromatic nitrogens is 1. The molecule has 3 heterocycles. The maximum atomic E-state index is 13.7. The number of nitrogens with zero attached hydrogens (tertiary/aromatic N) is 1. The van der Waals surface area contributed by atoms with Crippen LogP contribution in [0.5, 0.6) is 0 Å². The number of amides is 1. The van der Waals surface area contributed by atoms with Crippen molar-refractivity contribution in [3.05, 3.63) is 69.8 Å². The Bertz CT molecular complexity index is 1420. The summed E-state index contributed by atoms with van der Waals surface area (Å²) >= 11 is 1.50. The van der Waals surface area contributed by atoms with E-state index in [1.165, 1.54) is 16.2 Å². The van der Waals surface area contributed by atoms with Crippen LogP contribution in [0.4, 0.5) is 5.00 Å². The molecule has 3 aromatic heterocycles. The van der Waals surface area contributed by atoms with Crippen molar-refractivity contribution in [1.29, 1.82) is 0 Å². The van der Waals surface area contributed by atoms with Crippen LogP contribution in [0.2, 0.25) is 0 Å². The number of carbonyl (C=O) groups is 2. The molecule has 1 amide bonds. The van der Waals surface area contributed by atoms with Crippen molar-refractivity contribution >= 4 is 39.1 Å². The summed E-state index contributed by atoms with van der Waals surface area (Å²) in [5.74, 6) is 1.32. The predicted molar refractivity (Wildman–Crippen MR) is 138 cm³/mol. The first-order valence-electron chi connectivity index (χ1n) is 12.1. The first-order valence-corrected chi connectivity index (χ1v) is 12.9. The van der Waals surface area contributed by atoms with E-state index in [9.17, 15) is 9.59 Å². The SMILES string of the molecule is CCOC(=O)c1c(NC(=O)c2cc(-c3ccc(C)o3)nc3ccccc23)sc2c1CCC(CC)C2. The molecule has 0 fully saturated rings. The molecule has 0 radical (unpaired) electrons. The van der Waals surface area contributed by atoms with E-state index in [-0.39, 0.29) is 18.5 Å². The van der Waals surface area contributed by atoms with Crippen molar-refractivity contribution in [2.24, 2.45) is 5.92 Å². The Morgan fingerprint density at radius 2 is 2.03 bits per heavy atom. The first-order chi connectivity index (χ1) is 17.0. The number of para-hydroxylation sites is 1. The largest absolute Gasteiger partial charge is 0.462 e. The van der Waals surface area contributed by atoms with Crippen LogP contribution in [0.3, 0.4) is 0 Å². The Kier molecular flexibility index (Phi) is 6.43. The zero-order chi connectivity index (χ0) is 24.5. The fraction of sp³-hybridized carbons (Fsp3) is 0.321. The summed E-state index contributed by atoms with van der Waals surface area (Å²) in [6.45, 7) is 6.15. The second-order valence-corrected chi connectivity index (χ2v) is 9.99. The molecule has 0 saturated carbocycles. The molecule has 0 spiro atoms. The number of furan rings is 1. The smallest absolute Gasteiger partial charge is 0.341 e. The Morgan fingerprint density at radius 1 is 1.20 bits per heavy atom. The maximum Gasteiger partial charge on any atom is 0.341 e. The molecule has 1 N–H and O–H groups in total. The zero-order valence-corrected chi connectivity index (χ0v) is 21.0. The fourth-order valence-corrected chi connectivity index (χ4v) is 6.09. The van der Waals surface area contributed by atoms with E-state index in [4.69, 9.17) is 14.1 Å². The highest BCUT2D eigenvalue weighted by molar-refractivity contribution is 7.17. The van der Waals surface area contributed by atoms with Gasteiger partial charge in [-0.05, 0) is 68.9 Å². The van der Waals surface area contributed by atoms with Crippen LogP contribution in [-0.4, -0.2) is 23.5 Å². The molecule has 1 atom stereocenters. The third kappa shape index (κ3) is 4.48. The number of thiophene rings is 1. The van der Waals surface area contributed by atoms with Crippen LogP contribution >= 0.6 is 11.3 Å². The number of benzene rings is 1. The highest BCUT2D eigenvalue weighted by Crippen LogP contribution is 2.41. The number of fused-ring (bicyclic) bond motifs is 2. The second kappa shape index (κ2) is 9.66. The van der Waals surface area contributed by atoms with Crippen molar-refractivity contribution in [3.63, 3.8) is 0 Å². The van der Waals surface area contributed by atoms with E-state index in [1.807, 2.05) is 43.3 Å². The highest BCUT2D eigenvalue weighted by Gasteiger charge is 2.30. The minimum Gasteiger partial charge on any atom is -0.462 e. The van der Waals surface area contributed by atoms with Gasteiger partial charge in [0.25, 0.3) is 5.91 Å². The minimum atomic E-state index is -0.374. The van der Waals surface area contributed by atoms with Crippen molar-refractivity contribution in [1.82, 2.24) is 4.98 Å². The minimum absolute atomic E-state index is 0.287. The fourth-order valence-electron chi connectivity index (χ4n) is 4.74. The molecule has 180 valence electrons. The Morgan fingerprint density at radius 3 is 2.77 bits per heavy atom. The number of aryl methyl sites for hydroxylation is 1. The molecule has 4 aromatic rings. The first kappa shape index (κ1) is 23.3. The standard InChI is InChI=1S/C28H28N2O4S/c1-4-17-11-12-19-24(14-17)35-27(25(19)28(32)33-5-2)30-26(31)20-15-22(23-13-10-16(3)34-23)29-21-9-7-6-8-18(20)21/h6-10,13,15,17H,4-5,11-12,14H2,1-3H3,(H,30,31). The molecule has 1 unspecified atom stereocenters. The van der Waals surface area contributed by atoms with Crippen LogP contribution in [0.1, 0.15) is 63.6 Å². The lowest BCUT2D eigenvalue weighted by Crippen LogP contribution is -2.17. The van der Waals surface area contributed by atoms with Gasteiger partial charge in [-0.1, -0.05) is 31.5 Å². The zero-order valence-electron chi connectivity index (χ0n) is 20.1. The van der Waals surface area contributed by atoms with Crippen molar-refractivity contribution in [3.8, 4) is 11.5 Å². The quantitative estimate of drug-likeness (QED) is 0.302. The Labute approximate surface area is 208 Å². The lowest BCUT2D eigenvalue weighted by Gasteiger charge is -2.20. The van der Waals surface area contributed by atoms with E-state index >= 15 is 0 Å². The average Bonchev–Trinajstić information content (AvgIpc) is 3.45. The molecule has 0 saturated heterocycles. The predicted octanol–water partition coefficient (Wildman–Crippen LogP) is 6.81. The topological polar surface area (TPSA) is 81.4 Å². The monoisotopic (exact) mass is 488 g/mol. The van der Waals surface area contributed by atoms with E-state index in [2.05, 4.69) is 12.2 Å². The van der Waals surface area contributed by atoms with Gasteiger partial charge in [0.1, 0.15) is 16.5 Å². The molecule has 1 aliphatic carbocycles. The van der Waals surface area contributed by atoms with Gasteiger partial charge in [-0.15, -0.1) is 11.3 Å². The van der Waals surface area contributed by atoms with Gasteiger partial charge < -0.3 is 14.5 Å². The number of ether oxygens (including phenoxy) is 1. The van der Waals surface area contributed by atoms with Crippen LogP contribution in [-0.2, 0) is 17.6 Å². The molecule has 35 heavy (non-hydrogen) atoms. The van der Waals surface area contributed by atoms with E-state index < -0.39 is 0 Å². The van der Waals surface area contributed by atoms with Crippen LogP contribution in [0, 0.1) is 12.8 Å². The van der Waals surface area contributed by atoms with Gasteiger partial charge in [0.05, 0.1) is 23.3 Å². The van der Waals surface area contributed by atoms with E-state index in [0.717, 1.165) is 42.4 Å². The number of nitrogens with one attached hydrogen (secondary N) is 1. The molecular weight excluding hydrogens is 460 g/mol. The molecule has 6 nitrogen and oxygen atoms in total. The number of hydrogen-bond donors (Lipinski definition) is 1. The van der Waals surface area contributed by atoms with Gasteiger partial charge in [-0.3, -0.25) is 4.79 Å². The number of hydrogen-bond acceptors (Lipinski definition) is 6. The molecule has 0 bridgehead atoms. The third-order valence-electron chi connectivity index (χ3n) is 6.60. The molecule has 0 aliphatic heterocycles. The van der Waals surface area contributed by atoms with Crippen LogP contribution in [0.25, 0.3) is 22.4 Å². The third-order valence-corrected chi connectivity index (χ3v) is 7.77. The number of anilines is 1. The average molecular weight is 489 g/mol. The van der Waals surface area contributed by atoms with Gasteiger partial charge in [0.15, 0.2) is 5.76 Å². The molecule has 1 aromatic carbocycles. The van der Waals surface area contributed by atoms with Crippen molar-refractivity contribution < 1.29 is 18.7 Å². The van der Waals surface area contributed by atoms with Gasteiger partial charge in [0.2, 0.25) is 0 Å². The number of rotatable bonds is 6. The lowest BCUT2D eigenvalue weighted by atomic mass is 9.85. The molecule has 5 rings (SSSR count). The van der Waals surface area contributed by atoms with Crippen molar-refractivity contribution in [2.45, 2.75) is 46.5 Å².